The minimum atomic E-state index is -0.319. The van der Waals surface area contributed by atoms with E-state index in [0.29, 0.717) is 34.3 Å². The van der Waals surface area contributed by atoms with Crippen LogP contribution >= 0.6 is 0 Å². The van der Waals surface area contributed by atoms with Crippen molar-refractivity contribution in [3.63, 3.8) is 0 Å². The van der Waals surface area contributed by atoms with Crippen molar-refractivity contribution in [3.05, 3.63) is 59.3 Å². The van der Waals surface area contributed by atoms with E-state index in [0.717, 1.165) is 5.56 Å². The van der Waals surface area contributed by atoms with Crippen LogP contribution < -0.4 is 20.8 Å². The summed E-state index contributed by atoms with van der Waals surface area (Å²) in [6.07, 6.45) is 5.07. The van der Waals surface area contributed by atoms with Crippen LogP contribution in [0.3, 0.4) is 0 Å². The molecule has 1 aromatic carbocycles. The SMILES string of the molecule is COc1ccc(-n2nc(-c3nc(-c4cnn(C)c4)cnc3N)ccc2=O)cc1OC. The second-order valence-electron chi connectivity index (χ2n) is 6.40. The minimum absolute atomic E-state index is 0.202. The highest BCUT2D eigenvalue weighted by Gasteiger charge is 2.14. The second-order valence-corrected chi connectivity index (χ2v) is 6.40. The van der Waals surface area contributed by atoms with Crippen LogP contribution in [0.4, 0.5) is 5.82 Å². The van der Waals surface area contributed by atoms with Crippen LogP contribution in [0.15, 0.2) is 53.7 Å². The standard InChI is InChI=1S/C20H19N7O3/c1-26-11-12(9-23-26)15-10-22-20(21)19(24-15)14-5-7-18(28)27(25-14)13-4-6-16(29-2)17(8-13)30-3/h4-11H,1-3H3,(H2,21,22). The van der Waals surface area contributed by atoms with Crippen molar-refractivity contribution in [2.75, 3.05) is 20.0 Å². The predicted octanol–water partition coefficient (Wildman–Crippen LogP) is 1.69. The van der Waals surface area contributed by atoms with Gasteiger partial charge >= 0.3 is 0 Å². The molecule has 0 unspecified atom stereocenters. The fourth-order valence-electron chi connectivity index (χ4n) is 2.96. The first-order valence-corrected chi connectivity index (χ1v) is 8.95. The van der Waals surface area contributed by atoms with Crippen molar-refractivity contribution in [1.82, 2.24) is 29.5 Å². The van der Waals surface area contributed by atoms with Crippen LogP contribution in [0, 0.1) is 0 Å². The molecule has 3 heterocycles. The number of nitrogens with two attached hydrogens (primary N) is 1. The monoisotopic (exact) mass is 405 g/mol. The maximum atomic E-state index is 12.5. The molecule has 0 saturated heterocycles. The zero-order valence-electron chi connectivity index (χ0n) is 16.6. The van der Waals surface area contributed by atoms with Gasteiger partial charge in [0.05, 0.1) is 38.0 Å². The predicted molar refractivity (Wildman–Crippen MR) is 111 cm³/mol. The molecule has 10 nitrogen and oxygen atoms in total. The number of hydrogen-bond acceptors (Lipinski definition) is 8. The molecule has 0 aliphatic heterocycles. The van der Waals surface area contributed by atoms with Gasteiger partial charge in [-0.25, -0.2) is 9.97 Å². The Morgan fingerprint density at radius 2 is 1.80 bits per heavy atom. The first kappa shape index (κ1) is 19.1. The maximum absolute atomic E-state index is 12.5. The summed E-state index contributed by atoms with van der Waals surface area (Å²) < 4.78 is 13.5. The summed E-state index contributed by atoms with van der Waals surface area (Å²) in [6.45, 7) is 0. The number of methoxy groups -OCH3 is 2. The van der Waals surface area contributed by atoms with Crippen molar-refractivity contribution in [2.24, 2.45) is 7.05 Å². The summed E-state index contributed by atoms with van der Waals surface area (Å²) in [5, 5.41) is 8.60. The van der Waals surface area contributed by atoms with Gasteiger partial charge in [0.15, 0.2) is 17.3 Å². The Morgan fingerprint density at radius 3 is 2.50 bits per heavy atom. The number of nitrogen functional groups attached to an aromatic ring is 1. The van der Waals surface area contributed by atoms with E-state index in [1.54, 1.807) is 48.5 Å². The van der Waals surface area contributed by atoms with Crippen LogP contribution in [0.25, 0.3) is 28.3 Å². The summed E-state index contributed by atoms with van der Waals surface area (Å²) in [4.78, 5) is 21.3. The molecule has 30 heavy (non-hydrogen) atoms. The third kappa shape index (κ3) is 3.46. The van der Waals surface area contributed by atoms with E-state index in [9.17, 15) is 4.79 Å². The quantitative estimate of drug-likeness (QED) is 0.532. The molecule has 0 radical (unpaired) electrons. The Bertz CT molecular complexity index is 1280. The lowest BCUT2D eigenvalue weighted by Crippen LogP contribution is -2.20. The van der Waals surface area contributed by atoms with Gasteiger partial charge in [0.25, 0.3) is 5.56 Å². The molecule has 4 aromatic rings. The lowest BCUT2D eigenvalue weighted by Gasteiger charge is -2.12. The number of rotatable bonds is 5. The summed E-state index contributed by atoms with van der Waals surface area (Å²) in [5.41, 5.74) is 8.40. The van der Waals surface area contributed by atoms with Gasteiger partial charge in [-0.05, 0) is 18.2 Å². The summed E-state index contributed by atoms with van der Waals surface area (Å²) >= 11 is 0. The molecule has 0 bridgehead atoms. The van der Waals surface area contributed by atoms with E-state index in [2.05, 4.69) is 20.2 Å². The highest BCUT2D eigenvalue weighted by Crippen LogP contribution is 2.29. The van der Waals surface area contributed by atoms with Crippen molar-refractivity contribution >= 4 is 5.82 Å². The molecule has 0 saturated carbocycles. The highest BCUT2D eigenvalue weighted by atomic mass is 16.5. The zero-order valence-corrected chi connectivity index (χ0v) is 16.6. The van der Waals surface area contributed by atoms with Gasteiger partial charge in [0.1, 0.15) is 11.4 Å². The number of aromatic nitrogens is 6. The molecule has 4 rings (SSSR count). The topological polar surface area (TPSA) is 123 Å². The summed E-state index contributed by atoms with van der Waals surface area (Å²) in [7, 11) is 4.88. The maximum Gasteiger partial charge on any atom is 0.271 e. The minimum Gasteiger partial charge on any atom is -0.493 e. The van der Waals surface area contributed by atoms with Crippen molar-refractivity contribution < 1.29 is 9.47 Å². The first-order valence-electron chi connectivity index (χ1n) is 8.95. The number of hydrogen-bond donors (Lipinski definition) is 1. The van der Waals surface area contributed by atoms with Gasteiger partial charge in [0, 0.05) is 30.9 Å². The van der Waals surface area contributed by atoms with E-state index in [1.165, 1.54) is 17.9 Å². The fourth-order valence-corrected chi connectivity index (χ4v) is 2.96. The van der Waals surface area contributed by atoms with Crippen LogP contribution in [-0.4, -0.2) is 43.7 Å². The highest BCUT2D eigenvalue weighted by molar-refractivity contribution is 5.70. The third-order valence-electron chi connectivity index (χ3n) is 4.46. The van der Waals surface area contributed by atoms with Gasteiger partial charge in [0.2, 0.25) is 0 Å². The molecule has 2 N–H and O–H groups in total. The largest absolute Gasteiger partial charge is 0.493 e. The van der Waals surface area contributed by atoms with Crippen molar-refractivity contribution in [3.8, 4) is 39.8 Å². The van der Waals surface area contributed by atoms with Gasteiger partial charge < -0.3 is 15.2 Å². The third-order valence-corrected chi connectivity index (χ3v) is 4.46. The molecular weight excluding hydrogens is 386 g/mol. The molecule has 3 aromatic heterocycles. The first-order chi connectivity index (χ1) is 14.5. The average Bonchev–Trinajstić information content (AvgIpc) is 3.20. The van der Waals surface area contributed by atoms with Crippen LogP contribution in [-0.2, 0) is 7.05 Å². The lowest BCUT2D eigenvalue weighted by atomic mass is 10.2. The van der Waals surface area contributed by atoms with Gasteiger partial charge in [-0.2, -0.15) is 14.9 Å². The zero-order chi connectivity index (χ0) is 21.3. The molecule has 0 aliphatic rings. The van der Waals surface area contributed by atoms with E-state index < -0.39 is 0 Å². The number of nitrogens with zero attached hydrogens (tertiary/aromatic N) is 6. The Morgan fingerprint density at radius 1 is 1.00 bits per heavy atom. The van der Waals surface area contributed by atoms with E-state index in [-0.39, 0.29) is 11.4 Å². The molecule has 152 valence electrons. The molecule has 0 amide bonds. The Balaban J connectivity index is 1.82. The van der Waals surface area contributed by atoms with Crippen molar-refractivity contribution in [1.29, 1.82) is 0 Å². The summed E-state index contributed by atoms with van der Waals surface area (Å²) in [5.74, 6) is 1.23. The van der Waals surface area contributed by atoms with Gasteiger partial charge in [-0.15, -0.1) is 0 Å². The van der Waals surface area contributed by atoms with Gasteiger partial charge in [-0.3, -0.25) is 9.48 Å². The van der Waals surface area contributed by atoms with Crippen LogP contribution in [0.1, 0.15) is 0 Å². The molecule has 0 aliphatic carbocycles. The Kier molecular flexibility index (Phi) is 4.88. The second kappa shape index (κ2) is 7.66. The molecule has 10 heteroatoms. The van der Waals surface area contributed by atoms with E-state index in [4.69, 9.17) is 15.2 Å². The normalized spacial score (nSPS) is 10.8. The average molecular weight is 405 g/mol. The van der Waals surface area contributed by atoms with E-state index >= 15 is 0 Å². The smallest absolute Gasteiger partial charge is 0.271 e. The van der Waals surface area contributed by atoms with Crippen molar-refractivity contribution in [2.45, 2.75) is 0 Å². The molecular formula is C20H19N7O3. The molecule has 0 atom stereocenters. The van der Waals surface area contributed by atoms with E-state index in [1.807, 2.05) is 13.2 Å². The van der Waals surface area contributed by atoms with Crippen LogP contribution in [0.2, 0.25) is 0 Å². The van der Waals surface area contributed by atoms with Gasteiger partial charge in [-0.1, -0.05) is 0 Å². The summed E-state index contributed by atoms with van der Waals surface area (Å²) in [6, 6.07) is 8.04. The number of anilines is 1. The molecule has 0 spiro atoms. The Labute approximate surface area is 171 Å². The Hall–Kier alpha value is -4.21. The van der Waals surface area contributed by atoms with Crippen LogP contribution in [0.5, 0.6) is 11.5 Å². The number of aryl methyl sites for hydroxylation is 1. The number of ether oxygens (including phenoxy) is 2. The lowest BCUT2D eigenvalue weighted by molar-refractivity contribution is 0.354. The molecule has 0 fully saturated rings. The number of benzene rings is 1. The fraction of sp³-hybridized carbons (Fsp3) is 0.150.